The molecule has 1 unspecified atom stereocenters. The van der Waals surface area contributed by atoms with Crippen LogP contribution in [0.3, 0.4) is 0 Å². The van der Waals surface area contributed by atoms with Crippen molar-refractivity contribution >= 4 is 50.9 Å². The Bertz CT molecular complexity index is 1360. The molecule has 1 aromatic carbocycles. The number of nitriles is 1. The van der Waals surface area contributed by atoms with Gasteiger partial charge in [-0.3, -0.25) is 14.5 Å². The Balaban J connectivity index is 1.75. The highest BCUT2D eigenvalue weighted by Gasteiger charge is 2.43. The van der Waals surface area contributed by atoms with Crippen molar-refractivity contribution in [1.82, 2.24) is 4.90 Å². The summed E-state index contributed by atoms with van der Waals surface area (Å²) in [4.78, 5) is 26.9. The average Bonchev–Trinajstić information content (AvgIpc) is 3.33. The van der Waals surface area contributed by atoms with Crippen LogP contribution in [0.2, 0.25) is 10.0 Å². The summed E-state index contributed by atoms with van der Waals surface area (Å²) >= 11 is 12.3. The van der Waals surface area contributed by atoms with E-state index in [1.807, 2.05) is 6.07 Å². The second-order valence-corrected chi connectivity index (χ2v) is 10.6. The van der Waals surface area contributed by atoms with Crippen LogP contribution in [0.5, 0.6) is 0 Å². The maximum absolute atomic E-state index is 13.2. The highest BCUT2D eigenvalue weighted by molar-refractivity contribution is 7.91. The number of imide groups is 1. The zero-order chi connectivity index (χ0) is 23.2. The molecule has 164 valence electrons. The van der Waals surface area contributed by atoms with Gasteiger partial charge in [-0.1, -0.05) is 23.2 Å². The molecular weight excluding hydrogens is 475 g/mol. The first kappa shape index (κ1) is 22.3. The second kappa shape index (κ2) is 8.24. The van der Waals surface area contributed by atoms with Crippen LogP contribution in [0.15, 0.2) is 51.5 Å². The van der Waals surface area contributed by atoms with Gasteiger partial charge in [0.25, 0.3) is 11.8 Å². The first-order valence-electron chi connectivity index (χ1n) is 9.58. The molecule has 1 atom stereocenters. The van der Waals surface area contributed by atoms with Gasteiger partial charge in [-0.25, -0.2) is 8.42 Å². The Kier molecular flexibility index (Phi) is 5.76. The van der Waals surface area contributed by atoms with Crippen molar-refractivity contribution in [2.75, 3.05) is 11.5 Å². The van der Waals surface area contributed by atoms with Crippen molar-refractivity contribution in [1.29, 1.82) is 5.26 Å². The second-order valence-electron chi connectivity index (χ2n) is 7.53. The number of furan rings is 1. The van der Waals surface area contributed by atoms with Crippen LogP contribution in [0.1, 0.15) is 19.1 Å². The van der Waals surface area contributed by atoms with Crippen molar-refractivity contribution in [3.63, 3.8) is 0 Å². The minimum atomic E-state index is -3.35. The van der Waals surface area contributed by atoms with Crippen molar-refractivity contribution in [3.8, 4) is 17.4 Å². The molecule has 0 radical (unpaired) electrons. The summed E-state index contributed by atoms with van der Waals surface area (Å²) in [5.41, 5.74) is 0.656. The molecule has 2 aromatic rings. The van der Waals surface area contributed by atoms with Crippen LogP contribution in [0.25, 0.3) is 17.4 Å². The standard InChI is InChI=1S/C22H16Cl2N2O5S/c1-12-16(9-15-3-5-20(31-15)17-8-13(23)2-4-19(17)24)21(27)26(22(28)18(12)10-25)14-6-7-32(29,30)11-14/h2-5,8-9,14H,6-7,11H2,1H3/b16-9-. The molecule has 1 aromatic heterocycles. The number of halogens is 2. The lowest BCUT2D eigenvalue weighted by molar-refractivity contribution is -0.142. The summed E-state index contributed by atoms with van der Waals surface area (Å²) in [6.07, 6.45) is 1.57. The van der Waals surface area contributed by atoms with Gasteiger partial charge >= 0.3 is 0 Å². The third-order valence-electron chi connectivity index (χ3n) is 5.45. The number of carbonyl (C=O) groups excluding carboxylic acids is 2. The lowest BCUT2D eigenvalue weighted by Gasteiger charge is -2.31. The van der Waals surface area contributed by atoms with Gasteiger partial charge in [0.15, 0.2) is 9.84 Å². The molecule has 0 saturated carbocycles. The van der Waals surface area contributed by atoms with Gasteiger partial charge in [-0.05, 0) is 55.3 Å². The third-order valence-corrected chi connectivity index (χ3v) is 7.77. The number of benzene rings is 1. The van der Waals surface area contributed by atoms with Gasteiger partial charge in [-0.2, -0.15) is 5.26 Å². The third kappa shape index (κ3) is 3.99. The fourth-order valence-corrected chi connectivity index (χ4v) is 5.90. The largest absolute Gasteiger partial charge is 0.457 e. The Morgan fingerprint density at radius 2 is 1.94 bits per heavy atom. The average molecular weight is 491 g/mol. The van der Waals surface area contributed by atoms with E-state index in [0.717, 1.165) is 4.90 Å². The summed E-state index contributed by atoms with van der Waals surface area (Å²) in [6, 6.07) is 9.24. The van der Waals surface area contributed by atoms with E-state index in [2.05, 4.69) is 0 Å². The Hall–Kier alpha value is -2.86. The van der Waals surface area contributed by atoms with E-state index in [4.69, 9.17) is 27.6 Å². The van der Waals surface area contributed by atoms with Gasteiger partial charge < -0.3 is 4.42 Å². The van der Waals surface area contributed by atoms with E-state index in [9.17, 15) is 23.3 Å². The number of sulfone groups is 1. The molecular formula is C22H16Cl2N2O5S. The van der Waals surface area contributed by atoms with Crippen LogP contribution in [-0.4, -0.2) is 42.7 Å². The maximum atomic E-state index is 13.2. The fourth-order valence-electron chi connectivity index (χ4n) is 3.81. The van der Waals surface area contributed by atoms with E-state index < -0.39 is 27.7 Å². The molecule has 10 heteroatoms. The molecule has 2 aliphatic heterocycles. The minimum Gasteiger partial charge on any atom is -0.457 e. The molecule has 3 heterocycles. The van der Waals surface area contributed by atoms with E-state index in [1.54, 1.807) is 30.3 Å². The minimum absolute atomic E-state index is 0.0866. The number of nitrogens with zero attached hydrogens (tertiary/aromatic N) is 2. The highest BCUT2D eigenvalue weighted by atomic mass is 35.5. The number of hydrogen-bond donors (Lipinski definition) is 0. The lowest BCUT2D eigenvalue weighted by atomic mass is 9.93. The number of rotatable bonds is 3. The van der Waals surface area contributed by atoms with E-state index in [-0.39, 0.29) is 34.6 Å². The van der Waals surface area contributed by atoms with Crippen molar-refractivity contribution in [2.24, 2.45) is 0 Å². The molecule has 0 N–H and O–H groups in total. The van der Waals surface area contributed by atoms with Crippen molar-refractivity contribution in [3.05, 3.63) is 62.9 Å². The predicted octanol–water partition coefficient (Wildman–Crippen LogP) is 4.03. The zero-order valence-corrected chi connectivity index (χ0v) is 19.1. The molecule has 32 heavy (non-hydrogen) atoms. The molecule has 4 rings (SSSR count). The first-order valence-corrected chi connectivity index (χ1v) is 12.2. The topological polar surface area (TPSA) is 108 Å². The number of carbonyl (C=O) groups is 2. The zero-order valence-electron chi connectivity index (χ0n) is 16.8. The normalized spacial score (nSPS) is 22.0. The SMILES string of the molecule is CC1=C(C#N)C(=O)N(C2CCS(=O)(=O)C2)C(=O)/C1=C\c1ccc(-c2cc(Cl)ccc2Cl)o1. The van der Waals surface area contributed by atoms with Crippen LogP contribution >= 0.6 is 23.2 Å². The van der Waals surface area contributed by atoms with Gasteiger partial charge in [0.2, 0.25) is 0 Å². The van der Waals surface area contributed by atoms with Crippen molar-refractivity contribution < 1.29 is 22.4 Å². The van der Waals surface area contributed by atoms with Gasteiger partial charge in [0, 0.05) is 16.2 Å². The quantitative estimate of drug-likeness (QED) is 0.474. The first-order chi connectivity index (χ1) is 15.1. The number of hydrogen-bond acceptors (Lipinski definition) is 6. The number of amides is 2. The molecule has 1 saturated heterocycles. The summed E-state index contributed by atoms with van der Waals surface area (Å²) < 4.78 is 29.6. The summed E-state index contributed by atoms with van der Waals surface area (Å²) in [7, 11) is -3.35. The molecule has 7 nitrogen and oxygen atoms in total. The molecule has 1 fully saturated rings. The molecule has 2 aliphatic rings. The van der Waals surface area contributed by atoms with Crippen LogP contribution in [0, 0.1) is 11.3 Å². The van der Waals surface area contributed by atoms with Gasteiger partial charge in [-0.15, -0.1) is 0 Å². The maximum Gasteiger partial charge on any atom is 0.271 e. The highest BCUT2D eigenvalue weighted by Crippen LogP contribution is 2.34. The molecule has 0 spiro atoms. The van der Waals surface area contributed by atoms with E-state index in [0.29, 0.717) is 27.1 Å². The lowest BCUT2D eigenvalue weighted by Crippen LogP contribution is -2.49. The monoisotopic (exact) mass is 490 g/mol. The van der Waals surface area contributed by atoms with Crippen molar-refractivity contribution in [2.45, 2.75) is 19.4 Å². The summed E-state index contributed by atoms with van der Waals surface area (Å²) in [5.74, 6) is -1.14. The molecule has 0 bridgehead atoms. The summed E-state index contributed by atoms with van der Waals surface area (Å²) in [6.45, 7) is 1.50. The van der Waals surface area contributed by atoms with E-state index >= 15 is 0 Å². The van der Waals surface area contributed by atoms with Crippen LogP contribution < -0.4 is 0 Å². The van der Waals surface area contributed by atoms with E-state index in [1.165, 1.54) is 13.0 Å². The van der Waals surface area contributed by atoms with Gasteiger partial charge in [0.1, 0.15) is 23.2 Å². The van der Waals surface area contributed by atoms with Gasteiger partial charge in [0.05, 0.1) is 22.6 Å². The Labute approximate surface area is 194 Å². The van der Waals surface area contributed by atoms with Crippen LogP contribution in [-0.2, 0) is 19.4 Å². The fraction of sp³-hybridized carbons (Fsp3) is 0.227. The molecule has 2 amide bonds. The Morgan fingerprint density at radius 1 is 1.19 bits per heavy atom. The smallest absolute Gasteiger partial charge is 0.271 e. The molecule has 0 aliphatic carbocycles. The Morgan fingerprint density at radius 3 is 2.59 bits per heavy atom. The predicted molar refractivity (Wildman–Crippen MR) is 119 cm³/mol. The summed E-state index contributed by atoms with van der Waals surface area (Å²) in [5, 5.41) is 10.4. The van der Waals surface area contributed by atoms with Crippen LogP contribution in [0.4, 0.5) is 0 Å².